The first-order chi connectivity index (χ1) is 13.8. The number of ketones is 1. The summed E-state index contributed by atoms with van der Waals surface area (Å²) >= 11 is 3.28. The van der Waals surface area contributed by atoms with E-state index < -0.39 is 22.6 Å². The minimum absolute atomic E-state index is 0.00783. The third-order valence-corrected chi connectivity index (χ3v) is 5.86. The third-order valence-electron chi connectivity index (χ3n) is 3.92. The normalized spacial score (nSPS) is 11.2. The first kappa shape index (κ1) is 21.0. The van der Waals surface area contributed by atoms with Gasteiger partial charge < -0.3 is 9.15 Å². The Morgan fingerprint density at radius 3 is 2.24 bits per heavy atom. The minimum Gasteiger partial charge on any atom is -0.468 e. The van der Waals surface area contributed by atoms with Crippen LogP contribution in [0.2, 0.25) is 0 Å². The maximum atomic E-state index is 12.3. The van der Waals surface area contributed by atoms with Crippen molar-refractivity contribution in [3.63, 3.8) is 0 Å². The molecule has 7 nitrogen and oxygen atoms in total. The highest BCUT2D eigenvalue weighted by molar-refractivity contribution is 9.10. The number of ether oxygens (including phenoxy) is 1. The van der Waals surface area contributed by atoms with Crippen molar-refractivity contribution in [2.45, 2.75) is 11.4 Å². The molecule has 3 rings (SSSR count). The molecule has 0 aliphatic heterocycles. The lowest BCUT2D eigenvalue weighted by atomic mass is 10.1. The number of rotatable bonds is 8. The van der Waals surface area contributed by atoms with Gasteiger partial charge in [0.1, 0.15) is 5.76 Å². The Morgan fingerprint density at radius 2 is 1.62 bits per heavy atom. The molecule has 0 saturated heterocycles. The van der Waals surface area contributed by atoms with Gasteiger partial charge in [0.05, 0.1) is 23.3 Å². The summed E-state index contributed by atoms with van der Waals surface area (Å²) in [6, 6.07) is 15.2. The van der Waals surface area contributed by atoms with E-state index in [0.717, 1.165) is 4.47 Å². The Morgan fingerprint density at radius 1 is 0.966 bits per heavy atom. The van der Waals surface area contributed by atoms with Crippen molar-refractivity contribution in [2.75, 3.05) is 6.61 Å². The van der Waals surface area contributed by atoms with E-state index >= 15 is 0 Å². The van der Waals surface area contributed by atoms with Gasteiger partial charge in [0.15, 0.2) is 12.4 Å². The van der Waals surface area contributed by atoms with Crippen LogP contribution in [0.25, 0.3) is 0 Å². The molecule has 0 atom stereocenters. The highest BCUT2D eigenvalue weighted by atomic mass is 79.9. The summed E-state index contributed by atoms with van der Waals surface area (Å²) < 4.78 is 37.9. The number of hydrogen-bond donors (Lipinski definition) is 1. The van der Waals surface area contributed by atoms with E-state index in [4.69, 9.17) is 9.15 Å². The molecule has 0 unspecified atom stereocenters. The van der Waals surface area contributed by atoms with E-state index in [2.05, 4.69) is 20.7 Å². The summed E-state index contributed by atoms with van der Waals surface area (Å²) in [4.78, 5) is 24.2. The van der Waals surface area contributed by atoms with Crippen molar-refractivity contribution in [1.82, 2.24) is 4.72 Å². The molecule has 150 valence electrons. The maximum Gasteiger partial charge on any atom is 0.338 e. The van der Waals surface area contributed by atoms with Gasteiger partial charge in [0.2, 0.25) is 10.0 Å². The van der Waals surface area contributed by atoms with E-state index in [1.54, 1.807) is 36.4 Å². The third kappa shape index (κ3) is 5.63. The van der Waals surface area contributed by atoms with E-state index in [1.807, 2.05) is 0 Å². The zero-order valence-electron chi connectivity index (χ0n) is 15.0. The van der Waals surface area contributed by atoms with Crippen LogP contribution in [0.5, 0.6) is 0 Å². The van der Waals surface area contributed by atoms with Crippen molar-refractivity contribution in [1.29, 1.82) is 0 Å². The fourth-order valence-corrected chi connectivity index (χ4v) is 3.62. The summed E-state index contributed by atoms with van der Waals surface area (Å²) in [6.07, 6.45) is 1.45. The molecule has 29 heavy (non-hydrogen) atoms. The van der Waals surface area contributed by atoms with Crippen molar-refractivity contribution < 1.29 is 27.2 Å². The van der Waals surface area contributed by atoms with E-state index in [1.165, 1.54) is 30.5 Å². The molecular formula is C20H16BrNO6S. The highest BCUT2D eigenvalue weighted by Gasteiger charge is 2.17. The molecule has 9 heteroatoms. The van der Waals surface area contributed by atoms with Gasteiger partial charge in [-0.15, -0.1) is 0 Å². The molecule has 1 aromatic heterocycles. The maximum absolute atomic E-state index is 12.3. The summed E-state index contributed by atoms with van der Waals surface area (Å²) in [5, 5.41) is 0. The van der Waals surface area contributed by atoms with Crippen LogP contribution in [0.4, 0.5) is 0 Å². The second-order valence-corrected chi connectivity index (χ2v) is 8.62. The van der Waals surface area contributed by atoms with Crippen molar-refractivity contribution in [3.8, 4) is 0 Å². The largest absolute Gasteiger partial charge is 0.468 e. The Labute approximate surface area is 175 Å². The fourth-order valence-electron chi connectivity index (χ4n) is 2.37. The van der Waals surface area contributed by atoms with Crippen molar-refractivity contribution in [3.05, 3.63) is 88.3 Å². The van der Waals surface area contributed by atoms with E-state index in [-0.39, 0.29) is 22.8 Å². The molecule has 2 aromatic carbocycles. The van der Waals surface area contributed by atoms with Crippen LogP contribution in [0.15, 0.2) is 80.7 Å². The van der Waals surface area contributed by atoms with Crippen molar-refractivity contribution >= 4 is 37.7 Å². The zero-order valence-corrected chi connectivity index (χ0v) is 17.4. The number of carbonyl (C=O) groups excluding carboxylic acids is 2. The lowest BCUT2D eigenvalue weighted by Crippen LogP contribution is -2.23. The standard InChI is InChI=1S/C20H16BrNO6S/c21-16-7-3-14(4-8-16)19(23)13-28-20(24)15-5-9-18(10-6-15)29(25,26)22-12-17-2-1-11-27-17/h1-11,22H,12-13H2. The number of Topliss-reactive ketones (excluding diaryl/α,β-unsaturated/α-hetero) is 1. The van der Waals surface area contributed by atoms with E-state index in [0.29, 0.717) is 11.3 Å². The number of furan rings is 1. The Kier molecular flexibility index (Phi) is 6.63. The fraction of sp³-hybridized carbons (Fsp3) is 0.100. The first-order valence-corrected chi connectivity index (χ1v) is 10.7. The molecule has 3 aromatic rings. The number of hydrogen-bond acceptors (Lipinski definition) is 6. The van der Waals surface area contributed by atoms with Crippen LogP contribution in [0, 0.1) is 0 Å². The van der Waals surface area contributed by atoms with Gasteiger partial charge in [0.25, 0.3) is 0 Å². The van der Waals surface area contributed by atoms with Crippen molar-refractivity contribution in [2.24, 2.45) is 0 Å². The summed E-state index contributed by atoms with van der Waals surface area (Å²) in [5.74, 6) is -0.584. The first-order valence-electron chi connectivity index (χ1n) is 8.43. The van der Waals surface area contributed by atoms with Gasteiger partial charge in [0, 0.05) is 10.0 Å². The zero-order chi connectivity index (χ0) is 20.9. The van der Waals surface area contributed by atoms with Crippen LogP contribution in [0.3, 0.4) is 0 Å². The second-order valence-electron chi connectivity index (χ2n) is 5.93. The number of sulfonamides is 1. The van der Waals surface area contributed by atoms with Crippen LogP contribution in [-0.2, 0) is 21.3 Å². The molecule has 0 radical (unpaired) electrons. The van der Waals surface area contributed by atoms with Gasteiger partial charge in [-0.1, -0.05) is 28.1 Å². The molecule has 0 aliphatic rings. The summed E-state index contributed by atoms with van der Waals surface area (Å²) in [5.41, 5.74) is 0.559. The topological polar surface area (TPSA) is 103 Å². The summed E-state index contributed by atoms with van der Waals surface area (Å²) in [7, 11) is -3.76. The van der Waals surface area contributed by atoms with E-state index in [9.17, 15) is 18.0 Å². The average Bonchev–Trinajstić information content (AvgIpc) is 3.25. The molecule has 0 fully saturated rings. The lowest BCUT2D eigenvalue weighted by molar-refractivity contribution is 0.0474. The van der Waals surface area contributed by atoms with Crippen LogP contribution >= 0.6 is 15.9 Å². The van der Waals surface area contributed by atoms with Crippen LogP contribution in [0.1, 0.15) is 26.5 Å². The number of carbonyl (C=O) groups is 2. The predicted molar refractivity (Wildman–Crippen MR) is 108 cm³/mol. The highest BCUT2D eigenvalue weighted by Crippen LogP contribution is 2.14. The minimum atomic E-state index is -3.76. The average molecular weight is 478 g/mol. The Hall–Kier alpha value is -2.75. The number of halogens is 1. The van der Waals surface area contributed by atoms with Gasteiger partial charge in [-0.3, -0.25) is 4.79 Å². The second kappa shape index (κ2) is 9.17. The molecule has 0 bridgehead atoms. The van der Waals surface area contributed by atoms with Gasteiger partial charge >= 0.3 is 5.97 Å². The molecular weight excluding hydrogens is 462 g/mol. The monoisotopic (exact) mass is 477 g/mol. The molecule has 0 saturated carbocycles. The molecule has 1 heterocycles. The predicted octanol–water partition coefficient (Wildman–Crippen LogP) is 3.56. The Balaban J connectivity index is 1.58. The lowest BCUT2D eigenvalue weighted by Gasteiger charge is -2.07. The summed E-state index contributed by atoms with van der Waals surface area (Å²) in [6.45, 7) is -0.400. The number of esters is 1. The number of nitrogens with one attached hydrogen (secondary N) is 1. The quantitative estimate of drug-likeness (QED) is 0.393. The molecule has 0 spiro atoms. The number of benzene rings is 2. The Bertz CT molecular complexity index is 1090. The van der Waals surface area contributed by atoms with Gasteiger partial charge in [-0.2, -0.15) is 0 Å². The van der Waals surface area contributed by atoms with Gasteiger partial charge in [-0.05, 0) is 48.5 Å². The molecule has 0 amide bonds. The van der Waals surface area contributed by atoms with Crippen LogP contribution < -0.4 is 4.72 Å². The smallest absolute Gasteiger partial charge is 0.338 e. The molecule has 0 aliphatic carbocycles. The van der Waals surface area contributed by atoms with Gasteiger partial charge in [-0.25, -0.2) is 17.9 Å². The molecule has 1 N–H and O–H groups in total. The SMILES string of the molecule is O=C(COC(=O)c1ccc(S(=O)(=O)NCc2ccco2)cc1)c1ccc(Br)cc1. The van der Waals surface area contributed by atoms with Crippen LogP contribution in [-0.4, -0.2) is 26.8 Å².